The first-order chi connectivity index (χ1) is 25.0. The summed E-state index contributed by atoms with van der Waals surface area (Å²) in [6.45, 7) is 11.0. The smallest absolute Gasteiger partial charge is 0.408 e. The van der Waals surface area contributed by atoms with Crippen LogP contribution in [0.4, 0.5) is 4.79 Å². The summed E-state index contributed by atoms with van der Waals surface area (Å²) in [6.07, 6.45) is 5.60. The zero-order chi connectivity index (χ0) is 38.3. The van der Waals surface area contributed by atoms with Crippen molar-refractivity contribution >= 4 is 45.0 Å². The van der Waals surface area contributed by atoms with Crippen LogP contribution in [-0.4, -0.2) is 91.7 Å². The number of hydrogen-bond donors (Lipinski definition) is 3. The van der Waals surface area contributed by atoms with E-state index in [9.17, 15) is 27.6 Å². The van der Waals surface area contributed by atoms with Gasteiger partial charge in [0, 0.05) is 29.5 Å². The van der Waals surface area contributed by atoms with Crippen molar-refractivity contribution in [1.82, 2.24) is 25.2 Å². The Balaban J connectivity index is 1.27. The second-order valence-electron chi connectivity index (χ2n) is 15.5. The highest BCUT2D eigenvalue weighted by Crippen LogP contribution is 2.45. The number of rotatable bonds is 13. The average Bonchev–Trinajstić information content (AvgIpc) is 3.92. The molecule has 1 aromatic heterocycles. The molecule has 15 nitrogen and oxygen atoms in total. The second kappa shape index (κ2) is 14.8. The Hall–Kier alpha value is -4.44. The van der Waals surface area contributed by atoms with Crippen molar-refractivity contribution in [2.75, 3.05) is 13.7 Å². The van der Waals surface area contributed by atoms with Crippen LogP contribution in [0.15, 0.2) is 37.1 Å². The van der Waals surface area contributed by atoms with E-state index < -0.39 is 75.3 Å². The molecule has 4 aliphatic rings. The van der Waals surface area contributed by atoms with Crippen LogP contribution >= 0.6 is 0 Å². The highest BCUT2D eigenvalue weighted by Gasteiger charge is 2.62. The van der Waals surface area contributed by atoms with Crippen LogP contribution in [0, 0.1) is 18.3 Å². The van der Waals surface area contributed by atoms with Crippen LogP contribution in [0.1, 0.15) is 77.7 Å². The molecule has 4 amide bonds. The van der Waals surface area contributed by atoms with Gasteiger partial charge in [0.05, 0.1) is 25.3 Å². The number of alkyl carbamates (subject to hydrolysis) is 1. The number of carbonyl (C=O) groups is 4. The first kappa shape index (κ1) is 38.3. The van der Waals surface area contributed by atoms with Crippen molar-refractivity contribution in [2.45, 2.75) is 115 Å². The molecule has 3 aliphatic carbocycles. The van der Waals surface area contributed by atoms with Gasteiger partial charge in [-0.2, -0.15) is 8.42 Å². The van der Waals surface area contributed by atoms with E-state index >= 15 is 0 Å². The Morgan fingerprint density at radius 1 is 1.04 bits per heavy atom. The average molecular weight is 756 g/mol. The van der Waals surface area contributed by atoms with E-state index in [1.807, 2.05) is 23.8 Å². The van der Waals surface area contributed by atoms with Gasteiger partial charge in [-0.3, -0.25) is 23.6 Å². The molecule has 288 valence electrons. The first-order valence-electron chi connectivity index (χ1n) is 18.1. The molecule has 1 aromatic carbocycles. The molecule has 1 aliphatic heterocycles. The van der Waals surface area contributed by atoms with Crippen LogP contribution in [-0.2, 0) is 33.6 Å². The molecule has 0 spiro atoms. The van der Waals surface area contributed by atoms with E-state index in [1.165, 1.54) is 11.0 Å². The highest BCUT2D eigenvalue weighted by atomic mass is 32.2. The van der Waals surface area contributed by atoms with Gasteiger partial charge < -0.3 is 29.7 Å². The van der Waals surface area contributed by atoms with Gasteiger partial charge in [-0.15, -0.1) is 6.58 Å². The maximum absolute atomic E-state index is 14.5. The van der Waals surface area contributed by atoms with Gasteiger partial charge in [0.15, 0.2) is 0 Å². The monoisotopic (exact) mass is 755 g/mol. The fourth-order valence-corrected chi connectivity index (χ4v) is 8.24. The van der Waals surface area contributed by atoms with Gasteiger partial charge in [-0.05, 0) is 75.5 Å². The summed E-state index contributed by atoms with van der Waals surface area (Å²) in [5.41, 5.74) is -0.950. The zero-order valence-electron chi connectivity index (χ0n) is 30.8. The third kappa shape index (κ3) is 8.38. The Morgan fingerprint density at radius 2 is 1.75 bits per heavy atom. The quantitative estimate of drug-likeness (QED) is 0.253. The molecule has 3 N–H and O–H groups in total. The molecular weight excluding hydrogens is 706 g/mol. The maximum Gasteiger partial charge on any atom is 0.408 e. The van der Waals surface area contributed by atoms with E-state index in [-0.39, 0.29) is 25.5 Å². The number of nitrogens with one attached hydrogen (secondary N) is 3. The Kier molecular flexibility index (Phi) is 10.7. The fourth-order valence-electron chi connectivity index (χ4n) is 7.23. The lowest BCUT2D eigenvalue weighted by molar-refractivity contribution is -0.143. The molecule has 4 fully saturated rings. The molecule has 6 rings (SSSR count). The summed E-state index contributed by atoms with van der Waals surface area (Å²) in [5.74, 6) is -1.62. The van der Waals surface area contributed by atoms with Crippen molar-refractivity contribution in [3.05, 3.63) is 42.6 Å². The molecule has 0 bridgehead atoms. The highest BCUT2D eigenvalue weighted by molar-refractivity contribution is 7.85. The minimum atomic E-state index is -4.42. The number of aryl methyl sites for hydroxylation is 1. The van der Waals surface area contributed by atoms with Crippen molar-refractivity contribution < 1.29 is 46.0 Å². The standard InChI is InChI=1S/C37H49N5O10S/c1-7-22-19-37(22,34(45)41-53(47,48)52-24-12-13-24)40-32(43)27-18-25(50-29-16-17-38-30-21(2)28(49-6)15-14-26(29)30)20-42(27)33(44)31(36(3,4)5)39-35(46)51-23-10-8-9-11-23/h7,14-17,22-25,27,31H,1,8-13,18-20H2,2-6H3,(H,39,46)(H,40,43)(H,41,45)/t22-,25-,27+,31-,37-/m1/s1. The van der Waals surface area contributed by atoms with Crippen LogP contribution in [0.5, 0.6) is 11.5 Å². The second-order valence-corrected chi connectivity index (χ2v) is 16.8. The topological polar surface area (TPSA) is 192 Å². The van der Waals surface area contributed by atoms with Crippen molar-refractivity contribution in [2.24, 2.45) is 11.3 Å². The number of hydrogen-bond acceptors (Lipinski definition) is 11. The number of benzene rings is 1. The number of aromatic nitrogens is 1. The van der Waals surface area contributed by atoms with Gasteiger partial charge in [0.2, 0.25) is 11.8 Å². The number of carbonyl (C=O) groups excluding carboxylic acids is 4. The first-order valence-corrected chi connectivity index (χ1v) is 19.5. The number of pyridine rings is 1. The van der Waals surface area contributed by atoms with Gasteiger partial charge in [-0.25, -0.2) is 9.52 Å². The molecule has 2 aromatic rings. The third-order valence-electron chi connectivity index (χ3n) is 10.4. The van der Waals surface area contributed by atoms with Gasteiger partial charge in [0.25, 0.3) is 5.91 Å². The summed E-state index contributed by atoms with van der Waals surface area (Å²) in [7, 11) is -2.85. The van der Waals surface area contributed by atoms with Gasteiger partial charge >= 0.3 is 16.4 Å². The molecule has 1 saturated heterocycles. The van der Waals surface area contributed by atoms with E-state index in [0.717, 1.165) is 31.2 Å². The normalized spacial score (nSPS) is 25.0. The van der Waals surface area contributed by atoms with Gasteiger partial charge in [-0.1, -0.05) is 26.8 Å². The molecule has 16 heteroatoms. The predicted octanol–water partition coefficient (Wildman–Crippen LogP) is 3.58. The van der Waals surface area contributed by atoms with E-state index in [0.29, 0.717) is 35.2 Å². The maximum atomic E-state index is 14.5. The molecule has 0 radical (unpaired) electrons. The Bertz CT molecular complexity index is 1890. The molecule has 2 heterocycles. The number of ether oxygens (including phenoxy) is 3. The lowest BCUT2D eigenvalue weighted by Gasteiger charge is -2.35. The SMILES string of the molecule is C=C[C@@H]1C[C@]1(NC(=O)[C@@H]1C[C@@H](Oc2ccnc3c(C)c(OC)ccc23)CN1C(=O)[C@@H](NC(=O)OC1CCCC1)C(C)(C)C)C(=O)NS(=O)(=O)OC1CC1. The number of methoxy groups -OCH3 is 1. The molecule has 3 saturated carbocycles. The number of amides is 4. The van der Waals surface area contributed by atoms with Crippen LogP contribution in [0.25, 0.3) is 10.9 Å². The minimum Gasteiger partial charge on any atom is -0.496 e. The predicted molar refractivity (Wildman–Crippen MR) is 193 cm³/mol. The van der Waals surface area contributed by atoms with Crippen molar-refractivity contribution in [1.29, 1.82) is 0 Å². The van der Waals surface area contributed by atoms with Crippen LogP contribution < -0.4 is 24.8 Å². The summed E-state index contributed by atoms with van der Waals surface area (Å²) in [6, 6.07) is 3.09. The molecule has 0 unspecified atom stereocenters. The lowest BCUT2D eigenvalue weighted by atomic mass is 9.85. The van der Waals surface area contributed by atoms with Crippen LogP contribution in [0.2, 0.25) is 0 Å². The van der Waals surface area contributed by atoms with Gasteiger partial charge in [0.1, 0.15) is 41.3 Å². The summed E-state index contributed by atoms with van der Waals surface area (Å²) in [5, 5.41) is 6.23. The third-order valence-corrected chi connectivity index (χ3v) is 11.4. The summed E-state index contributed by atoms with van der Waals surface area (Å²) in [4.78, 5) is 61.3. The Morgan fingerprint density at radius 3 is 2.38 bits per heavy atom. The minimum absolute atomic E-state index is 0.0272. The Labute approximate surface area is 309 Å². The number of likely N-dealkylation sites (tertiary alicyclic amines) is 1. The largest absolute Gasteiger partial charge is 0.496 e. The van der Waals surface area contributed by atoms with Crippen molar-refractivity contribution in [3.8, 4) is 11.5 Å². The number of nitrogens with zero attached hydrogens (tertiary/aromatic N) is 2. The summed E-state index contributed by atoms with van der Waals surface area (Å²) >= 11 is 0. The molecule has 5 atom stereocenters. The molecular formula is C37H49N5O10S. The van der Waals surface area contributed by atoms with E-state index in [1.54, 1.807) is 40.1 Å². The summed E-state index contributed by atoms with van der Waals surface area (Å²) < 4.78 is 49.7. The van der Waals surface area contributed by atoms with E-state index in [4.69, 9.17) is 18.4 Å². The van der Waals surface area contributed by atoms with E-state index in [2.05, 4.69) is 22.2 Å². The zero-order valence-corrected chi connectivity index (χ0v) is 31.6. The van der Waals surface area contributed by atoms with Crippen molar-refractivity contribution in [3.63, 3.8) is 0 Å². The lowest BCUT2D eigenvalue weighted by Crippen LogP contribution is -2.60. The molecule has 53 heavy (non-hydrogen) atoms. The fraction of sp³-hybridized carbons (Fsp3) is 0.595. The van der Waals surface area contributed by atoms with Crippen LogP contribution in [0.3, 0.4) is 0 Å². The number of fused-ring (bicyclic) bond motifs is 1.